The van der Waals surface area contributed by atoms with Gasteiger partial charge in [-0.05, 0) is 55.7 Å². The van der Waals surface area contributed by atoms with E-state index < -0.39 is 0 Å². The molecule has 186 valence electrons. The van der Waals surface area contributed by atoms with Crippen LogP contribution in [-0.4, -0.2) is 65.6 Å². The van der Waals surface area contributed by atoms with Crippen LogP contribution in [0.4, 0.5) is 5.82 Å². The maximum atomic E-state index is 13.7. The average molecular weight is 487 g/mol. The van der Waals surface area contributed by atoms with E-state index in [4.69, 9.17) is 14.5 Å². The second-order valence-electron chi connectivity index (χ2n) is 9.89. The summed E-state index contributed by atoms with van der Waals surface area (Å²) in [5.74, 6) is 2.28. The van der Waals surface area contributed by atoms with Gasteiger partial charge in [0.15, 0.2) is 11.5 Å². The fourth-order valence-electron chi connectivity index (χ4n) is 5.07. The van der Waals surface area contributed by atoms with Gasteiger partial charge in [0.25, 0.3) is 5.91 Å². The van der Waals surface area contributed by atoms with E-state index in [1.54, 1.807) is 19.1 Å². The number of anilines is 1. The molecule has 3 heterocycles. The van der Waals surface area contributed by atoms with Crippen molar-refractivity contribution in [2.24, 2.45) is 0 Å². The number of carbonyl (C=O) groups excluding carboxylic acids is 2. The van der Waals surface area contributed by atoms with Crippen LogP contribution >= 0.6 is 0 Å². The number of hydrogen-bond acceptors (Lipinski definition) is 6. The number of aromatic nitrogens is 1. The van der Waals surface area contributed by atoms with Crippen LogP contribution in [-0.2, 0) is 11.3 Å². The molecule has 1 saturated carbocycles. The van der Waals surface area contributed by atoms with Crippen molar-refractivity contribution in [2.45, 2.75) is 39.3 Å². The van der Waals surface area contributed by atoms with Crippen LogP contribution < -0.4 is 14.4 Å². The molecule has 0 radical (unpaired) electrons. The van der Waals surface area contributed by atoms with Crippen LogP contribution in [0.5, 0.6) is 11.5 Å². The fraction of sp³-hybridized carbons (Fsp3) is 0.393. The highest BCUT2D eigenvalue weighted by Gasteiger charge is 2.35. The zero-order valence-corrected chi connectivity index (χ0v) is 20.7. The first kappa shape index (κ1) is 22.6. The molecule has 1 saturated heterocycles. The van der Waals surface area contributed by atoms with Crippen molar-refractivity contribution in [3.8, 4) is 11.5 Å². The molecule has 0 atom stereocenters. The van der Waals surface area contributed by atoms with E-state index in [1.807, 2.05) is 15.9 Å². The van der Waals surface area contributed by atoms with Crippen molar-refractivity contribution in [1.29, 1.82) is 0 Å². The van der Waals surface area contributed by atoms with Gasteiger partial charge < -0.3 is 24.2 Å². The smallest absolute Gasteiger partial charge is 0.254 e. The molecule has 0 unspecified atom stereocenters. The summed E-state index contributed by atoms with van der Waals surface area (Å²) in [5.41, 5.74) is 3.74. The summed E-state index contributed by atoms with van der Waals surface area (Å²) in [5, 5.41) is 1.06. The van der Waals surface area contributed by atoms with E-state index in [0.717, 1.165) is 53.8 Å². The average Bonchev–Trinajstić information content (AvgIpc) is 3.62. The van der Waals surface area contributed by atoms with Crippen LogP contribution in [0.2, 0.25) is 0 Å². The summed E-state index contributed by atoms with van der Waals surface area (Å²) in [4.78, 5) is 36.8. The Labute approximate surface area is 210 Å². The molecule has 6 rings (SSSR count). The Morgan fingerprint density at radius 2 is 1.78 bits per heavy atom. The van der Waals surface area contributed by atoms with E-state index in [1.165, 1.54) is 0 Å². The van der Waals surface area contributed by atoms with Crippen molar-refractivity contribution >= 4 is 28.5 Å². The Balaban J connectivity index is 1.34. The van der Waals surface area contributed by atoms with Gasteiger partial charge in [0, 0.05) is 62.2 Å². The standard InChI is InChI=1S/C28H30N4O4/c1-18-3-4-20-14-22(27(29-24(20)13-18)31-11-9-30(10-12-31)19(2)33)16-32(23-6-7-23)28(34)21-5-8-25-26(15-21)36-17-35-25/h3-5,8,13-15,23H,6-7,9-12,16-17H2,1-2H3. The molecular formula is C28H30N4O4. The Morgan fingerprint density at radius 3 is 2.53 bits per heavy atom. The molecule has 2 amide bonds. The molecule has 0 bridgehead atoms. The predicted octanol–water partition coefficient (Wildman–Crippen LogP) is 3.75. The van der Waals surface area contributed by atoms with Crippen molar-refractivity contribution in [1.82, 2.24) is 14.8 Å². The number of piperazine rings is 1. The summed E-state index contributed by atoms with van der Waals surface area (Å²) >= 11 is 0. The predicted molar refractivity (Wildman–Crippen MR) is 136 cm³/mol. The molecule has 8 heteroatoms. The SMILES string of the molecule is CC(=O)N1CCN(c2nc3cc(C)ccc3cc2CN(C(=O)c2ccc3c(c2)OCO3)C2CC2)CC1. The van der Waals surface area contributed by atoms with Crippen LogP contribution in [0.1, 0.15) is 41.3 Å². The molecule has 8 nitrogen and oxygen atoms in total. The minimum Gasteiger partial charge on any atom is -0.454 e. The Kier molecular flexibility index (Phi) is 5.66. The maximum absolute atomic E-state index is 13.7. The molecular weight excluding hydrogens is 456 g/mol. The zero-order chi connectivity index (χ0) is 24.8. The summed E-state index contributed by atoms with van der Waals surface area (Å²) in [6, 6.07) is 14.1. The van der Waals surface area contributed by atoms with Crippen LogP contribution in [0.3, 0.4) is 0 Å². The normalized spacial score (nSPS) is 16.9. The lowest BCUT2D eigenvalue weighted by Gasteiger charge is -2.36. The van der Waals surface area contributed by atoms with E-state index in [0.29, 0.717) is 36.7 Å². The summed E-state index contributed by atoms with van der Waals surface area (Å²) in [7, 11) is 0. The van der Waals surface area contributed by atoms with Crippen molar-refractivity contribution < 1.29 is 19.1 Å². The molecule has 1 aromatic heterocycles. The number of rotatable bonds is 5. The maximum Gasteiger partial charge on any atom is 0.254 e. The van der Waals surface area contributed by atoms with Gasteiger partial charge >= 0.3 is 0 Å². The first-order chi connectivity index (χ1) is 17.5. The highest BCUT2D eigenvalue weighted by molar-refractivity contribution is 5.95. The molecule has 2 aliphatic heterocycles. The molecule has 3 aliphatic rings. The van der Waals surface area contributed by atoms with Crippen LogP contribution in [0.15, 0.2) is 42.5 Å². The number of aryl methyl sites for hydroxylation is 1. The molecule has 2 fully saturated rings. The lowest BCUT2D eigenvalue weighted by Crippen LogP contribution is -2.48. The lowest BCUT2D eigenvalue weighted by molar-refractivity contribution is -0.129. The summed E-state index contributed by atoms with van der Waals surface area (Å²) in [6.07, 6.45) is 2.01. The second-order valence-corrected chi connectivity index (χ2v) is 9.89. The summed E-state index contributed by atoms with van der Waals surface area (Å²) in [6.45, 7) is 7.13. The fourth-order valence-corrected chi connectivity index (χ4v) is 5.07. The van der Waals surface area contributed by atoms with Gasteiger partial charge in [-0.2, -0.15) is 0 Å². The van der Waals surface area contributed by atoms with Gasteiger partial charge in [0.2, 0.25) is 12.7 Å². The third-order valence-corrected chi connectivity index (χ3v) is 7.26. The van der Waals surface area contributed by atoms with Crippen LogP contribution in [0, 0.1) is 6.92 Å². The molecule has 0 N–H and O–H groups in total. The van der Waals surface area contributed by atoms with Gasteiger partial charge in [-0.3, -0.25) is 9.59 Å². The van der Waals surface area contributed by atoms with Gasteiger partial charge in [0.1, 0.15) is 5.82 Å². The minimum atomic E-state index is -0.00727. The third kappa shape index (κ3) is 4.32. The van der Waals surface area contributed by atoms with Crippen LogP contribution in [0.25, 0.3) is 10.9 Å². The molecule has 0 spiro atoms. The van der Waals surface area contributed by atoms with E-state index in [2.05, 4.69) is 36.1 Å². The highest BCUT2D eigenvalue weighted by Crippen LogP contribution is 2.36. The first-order valence-corrected chi connectivity index (χ1v) is 12.6. The number of fused-ring (bicyclic) bond motifs is 2. The highest BCUT2D eigenvalue weighted by atomic mass is 16.7. The van der Waals surface area contributed by atoms with E-state index in [-0.39, 0.29) is 24.6 Å². The van der Waals surface area contributed by atoms with Gasteiger partial charge in [-0.1, -0.05) is 12.1 Å². The zero-order valence-electron chi connectivity index (χ0n) is 20.7. The van der Waals surface area contributed by atoms with Crippen molar-refractivity contribution in [3.63, 3.8) is 0 Å². The van der Waals surface area contributed by atoms with E-state index in [9.17, 15) is 9.59 Å². The molecule has 36 heavy (non-hydrogen) atoms. The number of pyridine rings is 1. The third-order valence-electron chi connectivity index (χ3n) is 7.26. The Bertz CT molecular complexity index is 1340. The van der Waals surface area contributed by atoms with Gasteiger partial charge in [0.05, 0.1) is 5.52 Å². The minimum absolute atomic E-state index is 0.00727. The summed E-state index contributed by atoms with van der Waals surface area (Å²) < 4.78 is 10.9. The monoisotopic (exact) mass is 486 g/mol. The van der Waals surface area contributed by atoms with Crippen molar-refractivity contribution in [3.05, 3.63) is 59.2 Å². The van der Waals surface area contributed by atoms with Crippen molar-refractivity contribution in [2.75, 3.05) is 37.9 Å². The largest absolute Gasteiger partial charge is 0.454 e. The Morgan fingerprint density at radius 1 is 1.00 bits per heavy atom. The molecule has 3 aromatic rings. The number of amides is 2. The topological polar surface area (TPSA) is 75.2 Å². The number of hydrogen-bond donors (Lipinski definition) is 0. The molecule has 1 aliphatic carbocycles. The first-order valence-electron chi connectivity index (χ1n) is 12.6. The number of ether oxygens (including phenoxy) is 2. The number of benzene rings is 2. The van der Waals surface area contributed by atoms with Gasteiger partial charge in [-0.25, -0.2) is 4.98 Å². The Hall–Kier alpha value is -3.81. The number of nitrogens with zero attached hydrogens (tertiary/aromatic N) is 4. The van der Waals surface area contributed by atoms with E-state index >= 15 is 0 Å². The van der Waals surface area contributed by atoms with Gasteiger partial charge in [-0.15, -0.1) is 0 Å². The molecule has 2 aromatic carbocycles. The number of carbonyl (C=O) groups is 2. The quantitative estimate of drug-likeness (QED) is 0.547. The second kappa shape index (κ2) is 9.00. The lowest BCUT2D eigenvalue weighted by atomic mass is 10.1.